The predicted molar refractivity (Wildman–Crippen MR) is 87.0 cm³/mol. The number of hydrogen-bond donors (Lipinski definition) is 0. The van der Waals surface area contributed by atoms with Crippen molar-refractivity contribution in [2.24, 2.45) is 0 Å². The zero-order valence-electron chi connectivity index (χ0n) is 13.2. The third-order valence-electron chi connectivity index (χ3n) is 4.86. The zero-order chi connectivity index (χ0) is 15.5. The average Bonchev–Trinajstić information content (AvgIpc) is 3.11. The van der Waals surface area contributed by atoms with E-state index in [2.05, 4.69) is 16.4 Å². The van der Waals surface area contributed by atoms with E-state index in [0.717, 1.165) is 43.8 Å². The van der Waals surface area contributed by atoms with Crippen molar-refractivity contribution in [1.82, 2.24) is 9.80 Å². The molecular weight excluding hydrogens is 276 g/mol. The van der Waals surface area contributed by atoms with E-state index in [9.17, 15) is 4.79 Å². The molecule has 1 aromatic rings. The Labute approximate surface area is 132 Å². The van der Waals surface area contributed by atoms with Crippen LogP contribution >= 0.6 is 0 Å². The summed E-state index contributed by atoms with van der Waals surface area (Å²) in [5, 5.41) is 0. The second kappa shape index (κ2) is 6.53. The molecule has 22 heavy (non-hydrogen) atoms. The third kappa shape index (κ3) is 2.88. The molecule has 4 heteroatoms. The summed E-state index contributed by atoms with van der Waals surface area (Å²) in [6.45, 7) is 6.71. The summed E-state index contributed by atoms with van der Waals surface area (Å²) in [5.41, 5.74) is 1.02. The van der Waals surface area contributed by atoms with Gasteiger partial charge in [0, 0.05) is 31.7 Å². The molecule has 0 N–H and O–H groups in total. The highest BCUT2D eigenvalue weighted by atomic mass is 16.5. The molecule has 3 rings (SSSR count). The summed E-state index contributed by atoms with van der Waals surface area (Å²) in [6.07, 6.45) is 4.59. The minimum atomic E-state index is 0.237. The van der Waals surface area contributed by atoms with Gasteiger partial charge in [0.1, 0.15) is 5.75 Å². The summed E-state index contributed by atoms with van der Waals surface area (Å²) < 4.78 is 5.23. The highest BCUT2D eigenvalue weighted by molar-refractivity contribution is 5.79. The third-order valence-corrected chi connectivity index (χ3v) is 4.86. The Kier molecular flexibility index (Phi) is 4.48. The van der Waals surface area contributed by atoms with Crippen molar-refractivity contribution in [2.75, 3.05) is 26.7 Å². The molecule has 0 bridgehead atoms. The molecular formula is C18H24N2O2. The van der Waals surface area contributed by atoms with Crippen LogP contribution in [0.5, 0.6) is 5.75 Å². The molecule has 0 spiro atoms. The number of methoxy groups -OCH3 is 1. The van der Waals surface area contributed by atoms with Gasteiger partial charge in [0.25, 0.3) is 0 Å². The molecule has 0 radical (unpaired) electrons. The zero-order valence-corrected chi connectivity index (χ0v) is 13.2. The first kappa shape index (κ1) is 15.1. The Hall–Kier alpha value is -1.81. The van der Waals surface area contributed by atoms with Crippen LogP contribution in [0.2, 0.25) is 0 Å². The number of amides is 1. The molecule has 4 nitrogen and oxygen atoms in total. The minimum absolute atomic E-state index is 0.237. The Morgan fingerprint density at radius 3 is 2.95 bits per heavy atom. The molecule has 2 atom stereocenters. The van der Waals surface area contributed by atoms with Crippen LogP contribution in [-0.4, -0.2) is 54.5 Å². The lowest BCUT2D eigenvalue weighted by Crippen LogP contribution is -2.40. The van der Waals surface area contributed by atoms with E-state index < -0.39 is 0 Å². The summed E-state index contributed by atoms with van der Waals surface area (Å²) >= 11 is 0. The normalized spacial score (nSPS) is 24.3. The Morgan fingerprint density at radius 2 is 2.18 bits per heavy atom. The number of hydrogen-bond acceptors (Lipinski definition) is 3. The first-order valence-corrected chi connectivity index (χ1v) is 8.00. The molecule has 2 aliphatic heterocycles. The first-order chi connectivity index (χ1) is 10.7. The van der Waals surface area contributed by atoms with E-state index in [4.69, 9.17) is 4.74 Å². The Bertz CT molecular complexity index is 558. The molecule has 0 unspecified atom stereocenters. The van der Waals surface area contributed by atoms with Crippen LogP contribution in [0.4, 0.5) is 0 Å². The molecule has 118 valence electrons. The van der Waals surface area contributed by atoms with Crippen LogP contribution in [0.3, 0.4) is 0 Å². The monoisotopic (exact) mass is 300 g/mol. The van der Waals surface area contributed by atoms with Crippen molar-refractivity contribution in [2.45, 2.75) is 31.3 Å². The fourth-order valence-electron chi connectivity index (χ4n) is 3.84. The maximum absolute atomic E-state index is 12.7. The quantitative estimate of drug-likeness (QED) is 0.781. The smallest absolute Gasteiger partial charge is 0.227 e. The van der Waals surface area contributed by atoms with Gasteiger partial charge in [-0.3, -0.25) is 9.69 Å². The van der Waals surface area contributed by atoms with Crippen LogP contribution < -0.4 is 4.74 Å². The van der Waals surface area contributed by atoms with E-state index in [1.165, 1.54) is 0 Å². The van der Waals surface area contributed by atoms with Crippen LogP contribution in [0.25, 0.3) is 0 Å². The number of likely N-dealkylation sites (tertiary alicyclic amines) is 2. The van der Waals surface area contributed by atoms with Crippen molar-refractivity contribution in [3.63, 3.8) is 0 Å². The first-order valence-electron chi connectivity index (χ1n) is 8.00. The number of carbonyl (C=O) groups excluding carboxylic acids is 1. The number of fused-ring (bicyclic) bond motifs is 1. The number of ether oxygens (including phenoxy) is 1. The summed E-state index contributed by atoms with van der Waals surface area (Å²) in [6, 6.07) is 8.70. The average molecular weight is 300 g/mol. The Balaban J connectivity index is 1.65. The van der Waals surface area contributed by atoms with Gasteiger partial charge >= 0.3 is 0 Å². The van der Waals surface area contributed by atoms with Crippen molar-refractivity contribution in [3.05, 3.63) is 42.5 Å². The molecule has 1 aromatic carbocycles. The van der Waals surface area contributed by atoms with Gasteiger partial charge < -0.3 is 9.64 Å². The molecule has 2 fully saturated rings. The minimum Gasteiger partial charge on any atom is -0.497 e. The lowest BCUT2D eigenvalue weighted by Gasteiger charge is -2.25. The lowest BCUT2D eigenvalue weighted by molar-refractivity contribution is -0.131. The number of carbonyl (C=O) groups is 1. The lowest BCUT2D eigenvalue weighted by atomic mass is 10.1. The molecule has 0 aromatic heterocycles. The number of rotatable bonds is 5. The van der Waals surface area contributed by atoms with Crippen LogP contribution in [0, 0.1) is 0 Å². The van der Waals surface area contributed by atoms with Gasteiger partial charge in [-0.1, -0.05) is 18.2 Å². The van der Waals surface area contributed by atoms with E-state index in [1.807, 2.05) is 30.3 Å². The van der Waals surface area contributed by atoms with E-state index in [1.54, 1.807) is 7.11 Å². The van der Waals surface area contributed by atoms with Gasteiger partial charge in [0.15, 0.2) is 0 Å². The number of benzene rings is 1. The van der Waals surface area contributed by atoms with Crippen molar-refractivity contribution in [1.29, 1.82) is 0 Å². The molecule has 0 aliphatic carbocycles. The molecule has 2 aliphatic rings. The van der Waals surface area contributed by atoms with Crippen molar-refractivity contribution < 1.29 is 9.53 Å². The predicted octanol–water partition coefficient (Wildman–Crippen LogP) is 2.10. The summed E-state index contributed by atoms with van der Waals surface area (Å²) in [4.78, 5) is 17.2. The highest BCUT2D eigenvalue weighted by Crippen LogP contribution is 2.31. The van der Waals surface area contributed by atoms with E-state index >= 15 is 0 Å². The topological polar surface area (TPSA) is 32.8 Å². The number of nitrogens with zero attached hydrogens (tertiary/aromatic N) is 2. The maximum Gasteiger partial charge on any atom is 0.227 e. The van der Waals surface area contributed by atoms with Gasteiger partial charge in [0.05, 0.1) is 13.5 Å². The summed E-state index contributed by atoms with van der Waals surface area (Å²) in [7, 11) is 1.65. The van der Waals surface area contributed by atoms with Gasteiger partial charge in [-0.05, 0) is 30.5 Å². The van der Waals surface area contributed by atoms with Gasteiger partial charge in [0.2, 0.25) is 5.91 Å². The SMILES string of the molecule is C=CCN1CC[C@H]2[C@H]1CCN2C(=O)Cc1cccc(OC)c1. The fraction of sp³-hybridized carbons (Fsp3) is 0.500. The largest absolute Gasteiger partial charge is 0.497 e. The van der Waals surface area contributed by atoms with Crippen molar-refractivity contribution >= 4 is 5.91 Å². The highest BCUT2D eigenvalue weighted by Gasteiger charge is 2.43. The molecule has 1 amide bonds. The van der Waals surface area contributed by atoms with E-state index in [0.29, 0.717) is 18.5 Å². The molecule has 2 heterocycles. The molecule has 0 saturated carbocycles. The van der Waals surface area contributed by atoms with E-state index in [-0.39, 0.29) is 5.91 Å². The Morgan fingerprint density at radius 1 is 1.36 bits per heavy atom. The summed E-state index contributed by atoms with van der Waals surface area (Å²) in [5.74, 6) is 1.05. The second-order valence-corrected chi connectivity index (χ2v) is 6.11. The van der Waals surface area contributed by atoms with Crippen LogP contribution in [0.1, 0.15) is 18.4 Å². The molecule has 2 saturated heterocycles. The van der Waals surface area contributed by atoms with Crippen molar-refractivity contribution in [3.8, 4) is 5.75 Å². The second-order valence-electron chi connectivity index (χ2n) is 6.11. The van der Waals surface area contributed by atoms with Gasteiger partial charge in [-0.25, -0.2) is 0 Å². The van der Waals surface area contributed by atoms with Crippen LogP contribution in [0.15, 0.2) is 36.9 Å². The van der Waals surface area contributed by atoms with Crippen LogP contribution in [-0.2, 0) is 11.2 Å². The fourth-order valence-corrected chi connectivity index (χ4v) is 3.84. The maximum atomic E-state index is 12.7. The van der Waals surface area contributed by atoms with Gasteiger partial charge in [-0.15, -0.1) is 6.58 Å². The van der Waals surface area contributed by atoms with Gasteiger partial charge in [-0.2, -0.15) is 0 Å². The standard InChI is InChI=1S/C18H24N2O2/c1-3-9-19-10-7-17-16(19)8-11-20(17)18(21)13-14-5-4-6-15(12-14)22-2/h3-6,12,16-17H,1,7-11,13H2,2H3/t16-,17+/m1/s1.